The molecule has 7 nitrogen and oxygen atoms in total. The van der Waals surface area contributed by atoms with Gasteiger partial charge in [-0.15, -0.1) is 0 Å². The summed E-state index contributed by atoms with van der Waals surface area (Å²) >= 11 is 11.1. The monoisotopic (exact) mass is 429 g/mol. The Bertz CT molecular complexity index is 1130. The minimum atomic E-state index is -0.556. The molecule has 0 radical (unpaired) electrons. The van der Waals surface area contributed by atoms with Crippen LogP contribution in [0.1, 0.15) is 21.7 Å². The lowest BCUT2D eigenvalue weighted by Crippen LogP contribution is -2.34. The minimum Gasteiger partial charge on any atom is -0.451 e. The van der Waals surface area contributed by atoms with E-state index in [1.54, 1.807) is 12.1 Å². The molecule has 3 aromatic rings. The van der Waals surface area contributed by atoms with Crippen LogP contribution < -0.4 is 10.6 Å². The van der Waals surface area contributed by atoms with Crippen molar-refractivity contribution in [1.82, 2.24) is 5.32 Å². The molecule has 1 aromatic heterocycles. The Labute approximate surface area is 176 Å². The second-order valence-corrected chi connectivity index (χ2v) is 7.11. The van der Waals surface area contributed by atoms with E-state index in [4.69, 9.17) is 28.2 Å². The SMILES string of the molecule is Cc1ccc(-c2ccc(C(=O)NC(=S)Nc3cc([N+](=O)[O-])ccc3Cl)o2)cc1C. The second-order valence-electron chi connectivity index (χ2n) is 6.29. The van der Waals surface area contributed by atoms with Gasteiger partial charge in [-0.25, -0.2) is 0 Å². The molecule has 1 heterocycles. The van der Waals surface area contributed by atoms with E-state index in [0.29, 0.717) is 5.76 Å². The van der Waals surface area contributed by atoms with Crippen LogP contribution in [0.15, 0.2) is 52.9 Å². The first-order valence-corrected chi connectivity index (χ1v) is 9.27. The van der Waals surface area contributed by atoms with Gasteiger partial charge in [0.2, 0.25) is 0 Å². The first kappa shape index (κ1) is 20.5. The van der Waals surface area contributed by atoms with Gasteiger partial charge in [0.15, 0.2) is 10.9 Å². The molecule has 9 heteroatoms. The van der Waals surface area contributed by atoms with Gasteiger partial charge in [0, 0.05) is 17.7 Å². The van der Waals surface area contributed by atoms with E-state index in [2.05, 4.69) is 10.6 Å². The summed E-state index contributed by atoms with van der Waals surface area (Å²) in [5, 5.41) is 16.2. The molecular formula is C20H16ClN3O4S. The van der Waals surface area contributed by atoms with Crippen molar-refractivity contribution in [1.29, 1.82) is 0 Å². The highest BCUT2D eigenvalue weighted by molar-refractivity contribution is 7.80. The van der Waals surface area contributed by atoms with Crippen LogP contribution in [0.5, 0.6) is 0 Å². The summed E-state index contributed by atoms with van der Waals surface area (Å²) < 4.78 is 5.64. The number of nitrogens with one attached hydrogen (secondary N) is 2. The summed E-state index contributed by atoms with van der Waals surface area (Å²) in [5.41, 5.74) is 3.19. The topological polar surface area (TPSA) is 97.4 Å². The maximum Gasteiger partial charge on any atom is 0.293 e. The number of amides is 1. The van der Waals surface area contributed by atoms with Gasteiger partial charge >= 0.3 is 0 Å². The Kier molecular flexibility index (Phi) is 5.95. The minimum absolute atomic E-state index is 0.0680. The molecule has 0 atom stereocenters. The number of rotatable bonds is 4. The van der Waals surface area contributed by atoms with Crippen molar-refractivity contribution in [3.63, 3.8) is 0 Å². The average molecular weight is 430 g/mol. The molecule has 148 valence electrons. The molecule has 0 aliphatic carbocycles. The van der Waals surface area contributed by atoms with Crippen molar-refractivity contribution in [3.05, 3.63) is 80.6 Å². The molecule has 0 saturated heterocycles. The second kappa shape index (κ2) is 8.42. The van der Waals surface area contributed by atoms with Gasteiger partial charge in [-0.1, -0.05) is 23.7 Å². The van der Waals surface area contributed by atoms with Crippen molar-refractivity contribution in [2.45, 2.75) is 13.8 Å². The fourth-order valence-electron chi connectivity index (χ4n) is 2.55. The molecule has 1 amide bonds. The normalized spacial score (nSPS) is 10.4. The smallest absolute Gasteiger partial charge is 0.293 e. The van der Waals surface area contributed by atoms with Gasteiger partial charge < -0.3 is 9.73 Å². The van der Waals surface area contributed by atoms with Crippen molar-refractivity contribution >= 4 is 46.2 Å². The highest BCUT2D eigenvalue weighted by Gasteiger charge is 2.16. The zero-order valence-electron chi connectivity index (χ0n) is 15.5. The summed E-state index contributed by atoms with van der Waals surface area (Å²) in [4.78, 5) is 22.7. The quantitative estimate of drug-likeness (QED) is 0.334. The third-order valence-electron chi connectivity index (χ3n) is 4.26. The van der Waals surface area contributed by atoms with Crippen LogP contribution in [-0.4, -0.2) is 15.9 Å². The first-order chi connectivity index (χ1) is 13.7. The first-order valence-electron chi connectivity index (χ1n) is 8.48. The zero-order chi connectivity index (χ0) is 21.1. The molecule has 0 aliphatic heterocycles. The lowest BCUT2D eigenvalue weighted by molar-refractivity contribution is -0.384. The van der Waals surface area contributed by atoms with Crippen molar-refractivity contribution in [3.8, 4) is 11.3 Å². The lowest BCUT2D eigenvalue weighted by atomic mass is 10.1. The van der Waals surface area contributed by atoms with E-state index in [0.717, 1.165) is 16.7 Å². The fourth-order valence-corrected chi connectivity index (χ4v) is 2.92. The number of non-ortho nitro benzene ring substituents is 1. The molecule has 3 rings (SSSR count). The largest absolute Gasteiger partial charge is 0.451 e. The van der Waals surface area contributed by atoms with Crippen molar-refractivity contribution in [2.75, 3.05) is 5.32 Å². The van der Waals surface area contributed by atoms with E-state index >= 15 is 0 Å². The predicted molar refractivity (Wildman–Crippen MR) is 115 cm³/mol. The number of carbonyl (C=O) groups is 1. The molecule has 0 aliphatic rings. The van der Waals surface area contributed by atoms with Gasteiger partial charge in [0.1, 0.15) is 5.76 Å². The third-order valence-corrected chi connectivity index (χ3v) is 4.79. The van der Waals surface area contributed by atoms with Crippen molar-refractivity contribution < 1.29 is 14.1 Å². The predicted octanol–water partition coefficient (Wildman–Crippen LogP) is 5.25. The summed E-state index contributed by atoms with van der Waals surface area (Å²) in [6.45, 7) is 4.01. The molecular weight excluding hydrogens is 414 g/mol. The van der Waals surface area contributed by atoms with Crippen LogP contribution >= 0.6 is 23.8 Å². The third kappa shape index (κ3) is 4.79. The highest BCUT2D eigenvalue weighted by Crippen LogP contribution is 2.27. The lowest BCUT2D eigenvalue weighted by Gasteiger charge is -2.10. The summed E-state index contributed by atoms with van der Waals surface area (Å²) in [7, 11) is 0. The number of benzene rings is 2. The fraction of sp³-hybridized carbons (Fsp3) is 0.100. The van der Waals surface area contributed by atoms with Crippen LogP contribution in [0.2, 0.25) is 5.02 Å². The molecule has 2 aromatic carbocycles. The number of hydrogen-bond donors (Lipinski definition) is 2. The molecule has 0 unspecified atom stereocenters. The molecule has 2 N–H and O–H groups in total. The standard InChI is InChI=1S/C20H16ClN3O4S/c1-11-3-4-13(9-12(11)2)17-7-8-18(28-17)19(25)23-20(29)22-16-10-14(24(26)27)5-6-15(16)21/h3-10H,1-2H3,(H2,22,23,25,29). The molecule has 0 spiro atoms. The maximum absolute atomic E-state index is 12.4. The molecule has 0 saturated carbocycles. The van der Waals surface area contributed by atoms with Crippen LogP contribution in [0.4, 0.5) is 11.4 Å². The van der Waals surface area contributed by atoms with E-state index in [9.17, 15) is 14.9 Å². The van der Waals surface area contributed by atoms with Gasteiger partial charge in [0.05, 0.1) is 15.6 Å². The van der Waals surface area contributed by atoms with E-state index < -0.39 is 10.8 Å². The number of hydrogen-bond acceptors (Lipinski definition) is 5. The number of halogens is 1. The number of anilines is 1. The Morgan fingerprint density at radius 1 is 1.10 bits per heavy atom. The summed E-state index contributed by atoms with van der Waals surface area (Å²) in [6, 6.07) is 13.0. The Morgan fingerprint density at radius 2 is 1.86 bits per heavy atom. The summed E-state index contributed by atoms with van der Waals surface area (Å²) in [6.07, 6.45) is 0. The number of nitrogens with zero attached hydrogens (tertiary/aromatic N) is 1. The number of nitro groups is 1. The zero-order valence-corrected chi connectivity index (χ0v) is 17.1. The van der Waals surface area contributed by atoms with Gasteiger partial charge in [-0.05, 0) is 61.5 Å². The molecule has 0 bridgehead atoms. The van der Waals surface area contributed by atoms with Gasteiger partial charge in [0.25, 0.3) is 11.6 Å². The Balaban J connectivity index is 1.70. The van der Waals surface area contributed by atoms with Crippen LogP contribution in [0.25, 0.3) is 11.3 Å². The number of thiocarbonyl (C=S) groups is 1. The van der Waals surface area contributed by atoms with E-state index in [1.807, 2.05) is 32.0 Å². The Morgan fingerprint density at radius 3 is 2.55 bits per heavy atom. The van der Waals surface area contributed by atoms with E-state index in [1.165, 1.54) is 18.2 Å². The number of nitro benzene ring substituents is 1. The van der Waals surface area contributed by atoms with Gasteiger partial charge in [-0.3, -0.25) is 20.2 Å². The highest BCUT2D eigenvalue weighted by atomic mass is 35.5. The van der Waals surface area contributed by atoms with Gasteiger partial charge in [-0.2, -0.15) is 0 Å². The number of aryl methyl sites for hydroxylation is 2. The van der Waals surface area contributed by atoms with Crippen LogP contribution in [0.3, 0.4) is 0 Å². The Hall–Kier alpha value is -3.23. The van der Waals surface area contributed by atoms with Crippen LogP contribution in [-0.2, 0) is 0 Å². The van der Waals surface area contributed by atoms with Crippen LogP contribution in [0, 0.1) is 24.0 Å². The molecule has 0 fully saturated rings. The average Bonchev–Trinajstić information content (AvgIpc) is 3.16. The molecule has 29 heavy (non-hydrogen) atoms. The van der Waals surface area contributed by atoms with Crippen molar-refractivity contribution in [2.24, 2.45) is 0 Å². The van der Waals surface area contributed by atoms with E-state index in [-0.39, 0.29) is 27.3 Å². The number of carbonyl (C=O) groups excluding carboxylic acids is 1. The maximum atomic E-state index is 12.4. The number of furan rings is 1. The summed E-state index contributed by atoms with van der Waals surface area (Å²) in [5.74, 6) is 0.0745.